The van der Waals surface area contributed by atoms with Gasteiger partial charge in [0.15, 0.2) is 11.5 Å². The van der Waals surface area contributed by atoms with Crippen molar-refractivity contribution in [2.45, 2.75) is 13.8 Å². The molecule has 0 radical (unpaired) electrons. The summed E-state index contributed by atoms with van der Waals surface area (Å²) in [5.41, 5.74) is 1.81. The third-order valence-electron chi connectivity index (χ3n) is 4.71. The van der Waals surface area contributed by atoms with Gasteiger partial charge in [0, 0.05) is 17.8 Å². The van der Waals surface area contributed by atoms with Gasteiger partial charge in [0.25, 0.3) is 5.56 Å². The van der Waals surface area contributed by atoms with Gasteiger partial charge in [-0.25, -0.2) is 13.9 Å². The number of aryl methyl sites for hydroxylation is 1. The number of carbonyl (C=O) groups excluding carboxylic acids is 1. The molecule has 1 heterocycles. The monoisotopic (exact) mass is 427 g/mol. The lowest BCUT2D eigenvalue weighted by Gasteiger charge is -2.12. The molecule has 1 aromatic heterocycles. The Morgan fingerprint density at radius 1 is 1.06 bits per heavy atom. The standard InChI is InChI=1S/C22H22FN3O5/c1-12(20-13(2)25-26(21(20)27)15-8-6-14(23)7-9-15)24-17-11-19(30-4)18(29-3)10-16(17)22(28)31-5/h6-11,25H,1-5H3. The molecule has 0 bridgehead atoms. The minimum Gasteiger partial charge on any atom is -0.493 e. The van der Waals surface area contributed by atoms with E-state index in [1.165, 1.54) is 62.4 Å². The normalized spacial score (nSPS) is 11.4. The fourth-order valence-electron chi connectivity index (χ4n) is 3.22. The first-order valence-corrected chi connectivity index (χ1v) is 9.28. The molecule has 0 aliphatic carbocycles. The summed E-state index contributed by atoms with van der Waals surface area (Å²) in [7, 11) is 4.18. The number of aliphatic imine (C=N–C) groups is 1. The van der Waals surface area contributed by atoms with Crippen molar-refractivity contribution in [2.24, 2.45) is 4.99 Å². The molecule has 3 rings (SSSR count). The highest BCUT2D eigenvalue weighted by atomic mass is 19.1. The van der Waals surface area contributed by atoms with Crippen molar-refractivity contribution in [3.63, 3.8) is 0 Å². The number of carbonyl (C=O) groups is 1. The van der Waals surface area contributed by atoms with E-state index < -0.39 is 11.8 Å². The first kappa shape index (κ1) is 21.8. The van der Waals surface area contributed by atoms with Crippen molar-refractivity contribution in [2.75, 3.05) is 21.3 Å². The van der Waals surface area contributed by atoms with Crippen LogP contribution in [0.5, 0.6) is 11.5 Å². The highest BCUT2D eigenvalue weighted by molar-refractivity contribution is 6.03. The molecule has 0 spiro atoms. The number of nitrogens with one attached hydrogen (secondary N) is 1. The number of nitrogens with zero attached hydrogens (tertiary/aromatic N) is 2. The van der Waals surface area contributed by atoms with Gasteiger partial charge in [-0.3, -0.25) is 14.9 Å². The minimum absolute atomic E-state index is 0.159. The Bertz CT molecular complexity index is 1210. The summed E-state index contributed by atoms with van der Waals surface area (Å²) in [5, 5.41) is 2.97. The highest BCUT2D eigenvalue weighted by Gasteiger charge is 2.20. The van der Waals surface area contributed by atoms with E-state index in [-0.39, 0.29) is 16.8 Å². The second kappa shape index (κ2) is 8.86. The van der Waals surface area contributed by atoms with Gasteiger partial charge in [-0.2, -0.15) is 0 Å². The van der Waals surface area contributed by atoms with Crippen molar-refractivity contribution in [1.29, 1.82) is 0 Å². The predicted molar refractivity (Wildman–Crippen MR) is 114 cm³/mol. The number of halogens is 1. The molecule has 162 valence electrons. The van der Waals surface area contributed by atoms with Gasteiger partial charge in [0.2, 0.25) is 0 Å². The average molecular weight is 427 g/mol. The zero-order chi connectivity index (χ0) is 22.7. The van der Waals surface area contributed by atoms with Gasteiger partial charge in [-0.15, -0.1) is 0 Å². The maximum absolute atomic E-state index is 13.2. The Hall–Kier alpha value is -3.88. The molecular weight excluding hydrogens is 405 g/mol. The zero-order valence-corrected chi connectivity index (χ0v) is 17.8. The number of aromatic amines is 1. The Kier molecular flexibility index (Phi) is 6.24. The fourth-order valence-corrected chi connectivity index (χ4v) is 3.22. The van der Waals surface area contributed by atoms with E-state index in [1.807, 2.05) is 0 Å². The van der Waals surface area contributed by atoms with Crippen LogP contribution in [0.1, 0.15) is 28.5 Å². The van der Waals surface area contributed by atoms with E-state index in [0.717, 1.165) is 0 Å². The second-order valence-electron chi connectivity index (χ2n) is 6.64. The summed E-state index contributed by atoms with van der Waals surface area (Å²) in [6.07, 6.45) is 0. The van der Waals surface area contributed by atoms with E-state index in [9.17, 15) is 14.0 Å². The number of benzene rings is 2. The van der Waals surface area contributed by atoms with E-state index >= 15 is 0 Å². The SMILES string of the molecule is COC(=O)c1cc(OC)c(OC)cc1N=C(C)c1c(C)[nH]n(-c2ccc(F)cc2)c1=O. The van der Waals surface area contributed by atoms with E-state index in [0.29, 0.717) is 34.2 Å². The molecule has 0 fully saturated rings. The van der Waals surface area contributed by atoms with Gasteiger partial charge in [0.05, 0.1) is 49.5 Å². The van der Waals surface area contributed by atoms with Crippen molar-refractivity contribution in [1.82, 2.24) is 9.78 Å². The van der Waals surface area contributed by atoms with E-state index in [4.69, 9.17) is 14.2 Å². The van der Waals surface area contributed by atoms with E-state index in [2.05, 4.69) is 10.1 Å². The summed E-state index contributed by atoms with van der Waals surface area (Å²) < 4.78 is 29.9. The lowest BCUT2D eigenvalue weighted by molar-refractivity contribution is 0.0601. The highest BCUT2D eigenvalue weighted by Crippen LogP contribution is 2.35. The molecule has 31 heavy (non-hydrogen) atoms. The van der Waals surface area contributed by atoms with Gasteiger partial charge < -0.3 is 14.2 Å². The topological polar surface area (TPSA) is 94.9 Å². The van der Waals surface area contributed by atoms with Gasteiger partial charge in [-0.05, 0) is 38.1 Å². The van der Waals surface area contributed by atoms with E-state index in [1.54, 1.807) is 13.8 Å². The largest absolute Gasteiger partial charge is 0.493 e. The molecule has 0 unspecified atom stereocenters. The molecule has 8 nitrogen and oxygen atoms in total. The molecular formula is C22H22FN3O5. The number of rotatable bonds is 6. The quantitative estimate of drug-likeness (QED) is 0.480. The summed E-state index contributed by atoms with van der Waals surface area (Å²) in [6, 6.07) is 8.53. The van der Waals surface area contributed by atoms with Crippen LogP contribution in [0.4, 0.5) is 10.1 Å². The second-order valence-corrected chi connectivity index (χ2v) is 6.64. The molecule has 0 aliphatic rings. The molecule has 9 heteroatoms. The molecule has 3 aromatic rings. The number of hydrogen-bond donors (Lipinski definition) is 1. The summed E-state index contributed by atoms with van der Waals surface area (Å²) >= 11 is 0. The Morgan fingerprint density at radius 2 is 1.68 bits per heavy atom. The zero-order valence-electron chi connectivity index (χ0n) is 17.8. The number of hydrogen-bond acceptors (Lipinski definition) is 6. The first-order chi connectivity index (χ1) is 14.8. The molecule has 2 aromatic carbocycles. The van der Waals surface area contributed by atoms with Crippen LogP contribution in [0.15, 0.2) is 46.2 Å². The van der Waals surface area contributed by atoms with Gasteiger partial charge in [-0.1, -0.05) is 0 Å². The smallest absolute Gasteiger partial charge is 0.340 e. The van der Waals surface area contributed by atoms with Gasteiger partial charge in [0.1, 0.15) is 5.82 Å². The van der Waals surface area contributed by atoms with Crippen molar-refractivity contribution in [3.05, 3.63) is 69.4 Å². The minimum atomic E-state index is -0.609. The van der Waals surface area contributed by atoms with Crippen LogP contribution in [-0.4, -0.2) is 42.8 Å². The number of H-pyrrole nitrogens is 1. The van der Waals surface area contributed by atoms with Crippen molar-refractivity contribution >= 4 is 17.4 Å². The van der Waals surface area contributed by atoms with Crippen LogP contribution in [0.25, 0.3) is 5.69 Å². The molecule has 0 aliphatic heterocycles. The summed E-state index contributed by atoms with van der Waals surface area (Å²) in [5.74, 6) is -0.295. The third-order valence-corrected chi connectivity index (χ3v) is 4.71. The lowest BCUT2D eigenvalue weighted by Crippen LogP contribution is -2.19. The molecule has 0 atom stereocenters. The van der Waals surface area contributed by atoms with Crippen LogP contribution in [0.2, 0.25) is 0 Å². The first-order valence-electron chi connectivity index (χ1n) is 9.28. The van der Waals surface area contributed by atoms with Crippen LogP contribution < -0.4 is 15.0 Å². The van der Waals surface area contributed by atoms with Gasteiger partial charge >= 0.3 is 5.97 Å². The Morgan fingerprint density at radius 3 is 2.26 bits per heavy atom. The predicted octanol–water partition coefficient (Wildman–Crippen LogP) is 3.56. The maximum Gasteiger partial charge on any atom is 0.340 e. The lowest BCUT2D eigenvalue weighted by atomic mass is 10.1. The molecule has 0 amide bonds. The van der Waals surface area contributed by atoms with Crippen LogP contribution in [-0.2, 0) is 4.74 Å². The third kappa shape index (κ3) is 4.20. The molecule has 0 saturated heterocycles. The number of ether oxygens (including phenoxy) is 3. The molecule has 0 saturated carbocycles. The summed E-state index contributed by atoms with van der Waals surface area (Å²) in [4.78, 5) is 29.8. The number of aromatic nitrogens is 2. The fraction of sp³-hybridized carbons (Fsp3) is 0.227. The van der Waals surface area contributed by atoms with Crippen LogP contribution in [0.3, 0.4) is 0 Å². The summed E-state index contributed by atoms with van der Waals surface area (Å²) in [6.45, 7) is 3.38. The Balaban J connectivity index is 2.14. The number of methoxy groups -OCH3 is 3. The van der Waals surface area contributed by atoms with Crippen molar-refractivity contribution < 1.29 is 23.4 Å². The molecule has 1 N–H and O–H groups in total. The average Bonchev–Trinajstić information content (AvgIpc) is 3.07. The number of esters is 1. The van der Waals surface area contributed by atoms with Crippen molar-refractivity contribution in [3.8, 4) is 17.2 Å². The van der Waals surface area contributed by atoms with Crippen LogP contribution >= 0.6 is 0 Å². The van der Waals surface area contributed by atoms with Crippen LogP contribution in [0, 0.1) is 12.7 Å². The Labute approximate surface area is 177 Å². The maximum atomic E-state index is 13.2.